The summed E-state index contributed by atoms with van der Waals surface area (Å²) in [6.45, 7) is 6.10. The first-order chi connectivity index (χ1) is 10.0. The molecular weight excluding hydrogens is 324 g/mol. The van der Waals surface area contributed by atoms with Crippen LogP contribution in [0.2, 0.25) is 0 Å². The largest absolute Gasteiger partial charge is 0.312 e. The monoisotopic (exact) mass is 344 g/mol. The Morgan fingerprint density at radius 2 is 2.00 bits per heavy atom. The van der Waals surface area contributed by atoms with Gasteiger partial charge in [-0.2, -0.15) is 11.3 Å². The third-order valence-corrected chi connectivity index (χ3v) is 6.46. The van der Waals surface area contributed by atoms with Crippen LogP contribution in [0.5, 0.6) is 0 Å². The van der Waals surface area contributed by atoms with Gasteiger partial charge in [0.05, 0.1) is 4.90 Å². The molecule has 21 heavy (non-hydrogen) atoms. The summed E-state index contributed by atoms with van der Waals surface area (Å²) in [5.74, 6) is 0. The van der Waals surface area contributed by atoms with Crippen LogP contribution >= 0.6 is 22.7 Å². The van der Waals surface area contributed by atoms with Gasteiger partial charge >= 0.3 is 0 Å². The van der Waals surface area contributed by atoms with Crippen molar-refractivity contribution in [2.45, 2.75) is 38.3 Å². The third-order valence-electron chi connectivity index (χ3n) is 3.08. The second-order valence-electron chi connectivity index (χ2n) is 4.83. The summed E-state index contributed by atoms with van der Waals surface area (Å²) in [4.78, 5) is 1.39. The average molecular weight is 345 g/mol. The predicted octanol–water partition coefficient (Wildman–Crippen LogP) is 3.10. The molecule has 0 fully saturated rings. The molecule has 0 bridgehead atoms. The molecule has 0 saturated heterocycles. The number of aryl methyl sites for hydroxylation is 1. The van der Waals surface area contributed by atoms with Gasteiger partial charge in [0.15, 0.2) is 0 Å². The standard InChI is InChI=1S/C14H20N2O2S3/c1-3-4-15-7-13-5-14(10-20-13)21(17,18)16-6-12-9-19-8-11(12)2/h5,8-10,15-16H,3-4,6-7H2,1-2H3. The fraction of sp³-hybridized carbons (Fsp3) is 0.429. The van der Waals surface area contributed by atoms with Gasteiger partial charge in [-0.05, 0) is 47.8 Å². The lowest BCUT2D eigenvalue weighted by Crippen LogP contribution is -2.22. The van der Waals surface area contributed by atoms with E-state index < -0.39 is 10.0 Å². The summed E-state index contributed by atoms with van der Waals surface area (Å²) in [6.07, 6.45) is 1.07. The van der Waals surface area contributed by atoms with E-state index in [1.54, 1.807) is 22.8 Å². The number of nitrogens with one attached hydrogen (secondary N) is 2. The highest BCUT2D eigenvalue weighted by atomic mass is 32.2. The maximum Gasteiger partial charge on any atom is 0.241 e. The minimum Gasteiger partial charge on any atom is -0.312 e. The Morgan fingerprint density at radius 3 is 2.67 bits per heavy atom. The van der Waals surface area contributed by atoms with Crippen LogP contribution in [0.15, 0.2) is 27.1 Å². The molecule has 2 aromatic rings. The molecule has 2 heterocycles. The van der Waals surface area contributed by atoms with Crippen molar-refractivity contribution >= 4 is 32.7 Å². The van der Waals surface area contributed by atoms with Crippen LogP contribution in [0.3, 0.4) is 0 Å². The highest BCUT2D eigenvalue weighted by Gasteiger charge is 2.16. The Morgan fingerprint density at radius 1 is 1.19 bits per heavy atom. The van der Waals surface area contributed by atoms with Gasteiger partial charge in [0.2, 0.25) is 10.0 Å². The number of thiophene rings is 2. The molecule has 0 radical (unpaired) electrons. The maximum absolute atomic E-state index is 12.3. The zero-order valence-corrected chi connectivity index (χ0v) is 14.6. The molecular formula is C14H20N2O2S3. The normalized spacial score (nSPS) is 11.9. The topological polar surface area (TPSA) is 58.2 Å². The first-order valence-corrected chi connectivity index (χ1v) is 10.1. The summed E-state index contributed by atoms with van der Waals surface area (Å²) in [7, 11) is -3.43. The van der Waals surface area contributed by atoms with Crippen LogP contribution in [-0.4, -0.2) is 15.0 Å². The Hall–Kier alpha value is -0.730. The van der Waals surface area contributed by atoms with E-state index in [1.807, 2.05) is 17.7 Å². The van der Waals surface area contributed by atoms with E-state index in [2.05, 4.69) is 17.0 Å². The lowest BCUT2D eigenvalue weighted by molar-refractivity contribution is 0.581. The summed E-state index contributed by atoms with van der Waals surface area (Å²) in [5, 5.41) is 8.97. The highest BCUT2D eigenvalue weighted by Crippen LogP contribution is 2.20. The van der Waals surface area contributed by atoms with Crippen molar-refractivity contribution in [1.82, 2.24) is 10.0 Å². The SMILES string of the molecule is CCCNCc1cc(S(=O)(=O)NCc2cscc2C)cs1. The second-order valence-corrected chi connectivity index (χ2v) is 8.34. The van der Waals surface area contributed by atoms with Gasteiger partial charge in [-0.1, -0.05) is 6.92 Å². The van der Waals surface area contributed by atoms with Crippen LogP contribution in [0.4, 0.5) is 0 Å². The number of rotatable bonds is 8. The molecule has 2 N–H and O–H groups in total. The van der Waals surface area contributed by atoms with Crippen molar-refractivity contribution in [3.63, 3.8) is 0 Å². The molecule has 0 aliphatic rings. The van der Waals surface area contributed by atoms with E-state index in [1.165, 1.54) is 11.3 Å². The molecule has 2 rings (SSSR count). The van der Waals surface area contributed by atoms with E-state index in [0.29, 0.717) is 11.4 Å². The quantitative estimate of drug-likeness (QED) is 0.724. The van der Waals surface area contributed by atoms with Crippen molar-refractivity contribution in [1.29, 1.82) is 0 Å². The van der Waals surface area contributed by atoms with Gasteiger partial charge in [-0.3, -0.25) is 0 Å². The van der Waals surface area contributed by atoms with Crippen molar-refractivity contribution in [3.05, 3.63) is 38.2 Å². The summed E-state index contributed by atoms with van der Waals surface area (Å²) in [5.41, 5.74) is 2.15. The zero-order valence-electron chi connectivity index (χ0n) is 12.2. The van der Waals surface area contributed by atoms with Crippen LogP contribution in [0, 0.1) is 6.92 Å². The lowest BCUT2D eigenvalue weighted by atomic mass is 10.2. The Balaban J connectivity index is 1.97. The van der Waals surface area contributed by atoms with Crippen molar-refractivity contribution < 1.29 is 8.42 Å². The first kappa shape index (κ1) is 16.6. The van der Waals surface area contributed by atoms with Crippen LogP contribution in [-0.2, 0) is 23.1 Å². The molecule has 0 unspecified atom stereocenters. The van der Waals surface area contributed by atoms with Crippen LogP contribution in [0.25, 0.3) is 0 Å². The van der Waals surface area contributed by atoms with E-state index >= 15 is 0 Å². The predicted molar refractivity (Wildman–Crippen MR) is 89.4 cm³/mol. The van der Waals surface area contributed by atoms with Gasteiger partial charge in [0.1, 0.15) is 0 Å². The highest BCUT2D eigenvalue weighted by molar-refractivity contribution is 7.89. The molecule has 0 atom stereocenters. The number of sulfonamides is 1. The third kappa shape index (κ3) is 4.62. The van der Waals surface area contributed by atoms with Gasteiger partial charge < -0.3 is 5.32 Å². The van der Waals surface area contributed by atoms with Crippen molar-refractivity contribution in [3.8, 4) is 0 Å². The van der Waals surface area contributed by atoms with E-state index in [4.69, 9.17) is 0 Å². The van der Waals surface area contributed by atoms with E-state index in [9.17, 15) is 8.42 Å². The average Bonchev–Trinajstić information content (AvgIpc) is 3.06. The van der Waals surface area contributed by atoms with E-state index in [0.717, 1.165) is 35.5 Å². The fourth-order valence-electron chi connectivity index (χ4n) is 1.81. The number of hydrogen-bond acceptors (Lipinski definition) is 5. The fourth-order valence-corrected chi connectivity index (χ4v) is 4.91. The molecule has 116 valence electrons. The molecule has 7 heteroatoms. The molecule has 0 amide bonds. The van der Waals surface area contributed by atoms with Gasteiger partial charge in [0.25, 0.3) is 0 Å². The van der Waals surface area contributed by atoms with Gasteiger partial charge in [0, 0.05) is 23.3 Å². The van der Waals surface area contributed by atoms with Crippen LogP contribution in [0.1, 0.15) is 29.3 Å². The number of hydrogen-bond donors (Lipinski definition) is 2. The Bertz CT molecular complexity index is 674. The summed E-state index contributed by atoms with van der Waals surface area (Å²) >= 11 is 3.06. The molecule has 0 aliphatic carbocycles. The van der Waals surface area contributed by atoms with Gasteiger partial charge in [-0.25, -0.2) is 13.1 Å². The first-order valence-electron chi connectivity index (χ1n) is 6.82. The molecule has 0 spiro atoms. The van der Waals surface area contributed by atoms with E-state index in [-0.39, 0.29) is 0 Å². The van der Waals surface area contributed by atoms with Crippen molar-refractivity contribution in [2.75, 3.05) is 6.54 Å². The molecule has 0 saturated carbocycles. The zero-order chi connectivity index (χ0) is 15.3. The summed E-state index contributed by atoms with van der Waals surface area (Å²) in [6, 6.07) is 1.75. The summed E-state index contributed by atoms with van der Waals surface area (Å²) < 4.78 is 27.2. The molecule has 0 aliphatic heterocycles. The molecule has 2 aromatic heterocycles. The maximum atomic E-state index is 12.3. The Kier molecular flexibility index (Phi) is 5.95. The van der Waals surface area contributed by atoms with Crippen molar-refractivity contribution in [2.24, 2.45) is 0 Å². The lowest BCUT2D eigenvalue weighted by Gasteiger charge is -2.04. The minimum absolute atomic E-state index is 0.344. The van der Waals surface area contributed by atoms with Crippen LogP contribution < -0.4 is 10.0 Å². The second kappa shape index (κ2) is 7.51. The minimum atomic E-state index is -3.43. The molecule has 4 nitrogen and oxygen atoms in total. The smallest absolute Gasteiger partial charge is 0.241 e. The molecule has 0 aromatic carbocycles. The Labute approximate surface area is 134 Å². The van der Waals surface area contributed by atoms with Gasteiger partial charge in [-0.15, -0.1) is 11.3 Å².